The number of carbonyl (C=O) groups is 3. The quantitative estimate of drug-likeness (QED) is 0.126. The van der Waals surface area contributed by atoms with Crippen LogP contribution in [0.4, 0.5) is 10.8 Å². The third-order valence-corrected chi connectivity index (χ3v) is 13.2. The number of hydrogen-bond acceptors (Lipinski definition) is 13. The molecule has 60 heavy (non-hydrogen) atoms. The first-order valence-electron chi connectivity index (χ1n) is 20.4. The summed E-state index contributed by atoms with van der Waals surface area (Å²) in [4.78, 5) is 53.4. The standard InChI is InChI=1S/C43H53N7O8S2/c1-25(2)38(51)40(53)50-23-29(58-36-21-33(34-24-59-42(47-34)45-26(3)4)46-32-19-28(57-5)16-17-30(32)36)20-35(50)39(52)48-43-22-27(43)13-9-7-6-8-12-18-44-31-14-10-11-15-37(31)60(55,56)49-41(43)54/h9-11,13-17,19,21,24-27,29,35,38,44,51H,6-8,12,18,20,22-23H2,1-5H3,(H,45,47)(H,48,52)(H,49,54)/b13-9-/t27?,29-,35+,38-,43-/m1/s1. The number of pyridine rings is 1. The highest BCUT2D eigenvalue weighted by Gasteiger charge is 2.61. The summed E-state index contributed by atoms with van der Waals surface area (Å²) < 4.78 is 41.9. The number of likely N-dealkylation sites (tertiary alicyclic amines) is 1. The van der Waals surface area contributed by atoms with Gasteiger partial charge in [0, 0.05) is 47.8 Å². The third kappa shape index (κ3) is 9.22. The highest BCUT2D eigenvalue weighted by molar-refractivity contribution is 7.90. The van der Waals surface area contributed by atoms with Gasteiger partial charge < -0.3 is 35.4 Å². The Bertz CT molecular complexity index is 2390. The van der Waals surface area contributed by atoms with Gasteiger partial charge in [-0.25, -0.2) is 23.1 Å². The molecule has 5 atom stereocenters. The van der Waals surface area contributed by atoms with Crippen LogP contribution in [0.25, 0.3) is 22.3 Å². The van der Waals surface area contributed by atoms with Crippen LogP contribution in [0.3, 0.4) is 0 Å². The van der Waals surface area contributed by atoms with E-state index in [0.29, 0.717) is 46.0 Å². The second-order valence-electron chi connectivity index (χ2n) is 16.3. The topological polar surface area (TPSA) is 201 Å². The van der Waals surface area contributed by atoms with E-state index in [1.165, 1.54) is 22.3 Å². The molecule has 17 heteroatoms. The summed E-state index contributed by atoms with van der Waals surface area (Å²) in [5, 5.41) is 23.7. The van der Waals surface area contributed by atoms with Crippen LogP contribution >= 0.6 is 11.3 Å². The van der Waals surface area contributed by atoms with E-state index in [4.69, 9.17) is 19.4 Å². The number of para-hydroxylation sites is 1. The van der Waals surface area contributed by atoms with E-state index in [1.54, 1.807) is 57.4 Å². The van der Waals surface area contributed by atoms with Gasteiger partial charge in [0.25, 0.3) is 21.8 Å². The van der Waals surface area contributed by atoms with Crippen molar-refractivity contribution < 1.29 is 37.4 Å². The van der Waals surface area contributed by atoms with Gasteiger partial charge in [-0.05, 0) is 69.7 Å². The lowest BCUT2D eigenvalue weighted by Crippen LogP contribution is -2.57. The van der Waals surface area contributed by atoms with Gasteiger partial charge in [0.1, 0.15) is 45.9 Å². The highest BCUT2D eigenvalue weighted by Crippen LogP contribution is 2.46. The summed E-state index contributed by atoms with van der Waals surface area (Å²) in [7, 11) is -2.79. The van der Waals surface area contributed by atoms with E-state index in [2.05, 4.69) is 20.7 Å². The highest BCUT2D eigenvalue weighted by atomic mass is 32.2. The number of methoxy groups -OCH3 is 1. The van der Waals surface area contributed by atoms with Gasteiger partial charge >= 0.3 is 0 Å². The molecule has 0 bridgehead atoms. The average molecular weight is 860 g/mol. The number of aliphatic hydroxyl groups excluding tert-OH is 1. The maximum absolute atomic E-state index is 14.5. The molecule has 0 radical (unpaired) electrons. The minimum atomic E-state index is -4.36. The number of amides is 3. The van der Waals surface area contributed by atoms with E-state index >= 15 is 0 Å². The lowest BCUT2D eigenvalue weighted by molar-refractivity contribution is -0.147. The number of aromatic nitrogens is 2. The Hall–Kier alpha value is -5.26. The SMILES string of the molecule is COc1ccc2c(O[C@@H]3C[C@@H](C(=O)N[C@]45CC4/C=C\CCCCCNc4ccccc4S(=O)(=O)NC5=O)N(C(=O)[C@H](O)C(C)C)C3)cc(-c3csc(NC(C)C)n3)nc2c1. The monoisotopic (exact) mass is 859 g/mol. The number of hydrogen-bond donors (Lipinski definition) is 5. The Balaban J connectivity index is 1.19. The molecule has 3 aliphatic rings. The van der Waals surface area contributed by atoms with Crippen molar-refractivity contribution in [3.8, 4) is 22.9 Å². The minimum Gasteiger partial charge on any atom is -0.497 e. The van der Waals surface area contributed by atoms with E-state index in [0.717, 1.165) is 30.8 Å². The fraction of sp³-hybridized carbons (Fsp3) is 0.465. The Morgan fingerprint density at radius 3 is 2.62 bits per heavy atom. The number of nitrogens with one attached hydrogen (secondary N) is 4. The molecule has 2 aromatic heterocycles. The van der Waals surface area contributed by atoms with E-state index in [-0.39, 0.29) is 30.3 Å². The predicted octanol–water partition coefficient (Wildman–Crippen LogP) is 5.47. The number of carbonyl (C=O) groups excluding carboxylic acids is 3. The molecule has 3 amide bonds. The van der Waals surface area contributed by atoms with Crippen molar-refractivity contribution in [3.05, 3.63) is 66.1 Å². The zero-order chi connectivity index (χ0) is 42.8. The summed E-state index contributed by atoms with van der Waals surface area (Å²) in [6.07, 6.45) is 5.27. The molecule has 4 heterocycles. The van der Waals surface area contributed by atoms with Crippen molar-refractivity contribution in [1.82, 2.24) is 24.9 Å². The Morgan fingerprint density at radius 2 is 1.85 bits per heavy atom. The van der Waals surface area contributed by atoms with Crippen LogP contribution in [0.5, 0.6) is 11.5 Å². The van der Waals surface area contributed by atoms with Crippen LogP contribution < -0.4 is 30.1 Å². The third-order valence-electron chi connectivity index (χ3n) is 11.1. The molecule has 4 aromatic rings. The lowest BCUT2D eigenvalue weighted by Gasteiger charge is -2.29. The maximum Gasteiger partial charge on any atom is 0.266 e. The first-order chi connectivity index (χ1) is 28.7. The molecule has 5 N–H and O–H groups in total. The van der Waals surface area contributed by atoms with Crippen molar-refractivity contribution in [3.63, 3.8) is 0 Å². The second kappa shape index (κ2) is 17.8. The van der Waals surface area contributed by atoms with Crippen LogP contribution in [0.15, 0.2) is 71.0 Å². The van der Waals surface area contributed by atoms with Gasteiger partial charge in [0.15, 0.2) is 5.13 Å². The fourth-order valence-corrected chi connectivity index (χ4v) is 9.77. The number of thiazole rings is 1. The number of fused-ring (bicyclic) bond motifs is 3. The Morgan fingerprint density at radius 1 is 1.05 bits per heavy atom. The van der Waals surface area contributed by atoms with Crippen LogP contribution in [0.1, 0.15) is 66.2 Å². The number of anilines is 2. The zero-order valence-electron chi connectivity index (χ0n) is 34.4. The minimum absolute atomic E-state index is 0.0202. The van der Waals surface area contributed by atoms with Gasteiger partial charge in [-0.3, -0.25) is 14.4 Å². The normalized spacial score (nSPS) is 23.9. The maximum atomic E-state index is 14.5. The summed E-state index contributed by atoms with van der Waals surface area (Å²) in [6.45, 7) is 7.98. The smallest absolute Gasteiger partial charge is 0.266 e. The van der Waals surface area contributed by atoms with Crippen LogP contribution in [0, 0.1) is 11.8 Å². The molecule has 2 fully saturated rings. The molecule has 2 aliphatic heterocycles. The van der Waals surface area contributed by atoms with Crippen LogP contribution in [-0.2, 0) is 24.4 Å². The molecule has 7 rings (SSSR count). The molecule has 2 aromatic carbocycles. The Kier molecular flexibility index (Phi) is 12.7. The number of rotatable bonds is 10. The largest absolute Gasteiger partial charge is 0.497 e. The van der Waals surface area contributed by atoms with Gasteiger partial charge in [-0.2, -0.15) is 0 Å². The van der Waals surface area contributed by atoms with Crippen LogP contribution in [0.2, 0.25) is 0 Å². The zero-order valence-corrected chi connectivity index (χ0v) is 36.1. The van der Waals surface area contributed by atoms with Gasteiger partial charge in [0.05, 0.1) is 30.6 Å². The van der Waals surface area contributed by atoms with Gasteiger partial charge in [0.2, 0.25) is 5.91 Å². The number of benzene rings is 2. The molecule has 1 saturated heterocycles. The van der Waals surface area contributed by atoms with E-state index in [9.17, 15) is 27.9 Å². The summed E-state index contributed by atoms with van der Waals surface area (Å²) in [5.74, 6) is -2.10. The van der Waals surface area contributed by atoms with Gasteiger partial charge in [-0.1, -0.05) is 44.6 Å². The molecular weight excluding hydrogens is 807 g/mol. The predicted molar refractivity (Wildman–Crippen MR) is 230 cm³/mol. The number of nitrogens with zero attached hydrogens (tertiary/aromatic N) is 3. The average Bonchev–Trinajstić information content (AvgIpc) is 3.48. The van der Waals surface area contributed by atoms with E-state index < -0.39 is 63.4 Å². The molecule has 0 spiro atoms. The van der Waals surface area contributed by atoms with Crippen molar-refractivity contribution >= 4 is 60.8 Å². The molecule has 1 aliphatic carbocycles. The number of aliphatic hydroxyl groups is 1. The number of sulfonamides is 1. The van der Waals surface area contributed by atoms with Crippen molar-refractivity contribution in [1.29, 1.82) is 0 Å². The first-order valence-corrected chi connectivity index (χ1v) is 22.8. The molecule has 1 saturated carbocycles. The van der Waals surface area contributed by atoms with Crippen LogP contribution in [-0.4, -0.2) is 96.1 Å². The lowest BCUT2D eigenvalue weighted by atomic mass is 10.1. The number of ether oxygens (including phenoxy) is 2. The summed E-state index contributed by atoms with van der Waals surface area (Å²) >= 11 is 1.45. The Labute approximate surface area is 354 Å². The molecule has 320 valence electrons. The molecule has 1 unspecified atom stereocenters. The van der Waals surface area contributed by atoms with E-state index in [1.807, 2.05) is 37.4 Å². The fourth-order valence-electron chi connectivity index (χ4n) is 7.69. The molecular formula is C43H53N7O8S2. The summed E-state index contributed by atoms with van der Waals surface area (Å²) in [6, 6.07) is 12.6. The van der Waals surface area contributed by atoms with Crippen molar-refractivity contribution in [2.75, 3.05) is 30.8 Å². The second-order valence-corrected chi connectivity index (χ2v) is 18.8. The van der Waals surface area contributed by atoms with Crippen molar-refractivity contribution in [2.45, 2.75) is 101 Å². The molecule has 15 nitrogen and oxygen atoms in total. The summed E-state index contributed by atoms with van der Waals surface area (Å²) in [5.41, 5.74) is 0.534. The van der Waals surface area contributed by atoms with Crippen molar-refractivity contribution in [2.24, 2.45) is 11.8 Å². The first kappa shape index (κ1) is 42.8. The van der Waals surface area contributed by atoms with Gasteiger partial charge in [-0.15, -0.1) is 11.3 Å². The number of allylic oxidation sites excluding steroid dienone is 1.